The maximum absolute atomic E-state index is 12.4. The molecular weight excluding hydrogens is 482 g/mol. The quantitative estimate of drug-likeness (QED) is 0.437. The second kappa shape index (κ2) is 10.4. The van der Waals surface area contributed by atoms with Crippen LogP contribution in [0.1, 0.15) is 28.4 Å². The van der Waals surface area contributed by atoms with Crippen molar-refractivity contribution in [2.45, 2.75) is 13.0 Å². The van der Waals surface area contributed by atoms with E-state index in [1.807, 2.05) is 42.5 Å². The first-order valence-electron chi connectivity index (χ1n) is 11.3. The Labute approximate surface area is 209 Å². The predicted octanol–water partition coefficient (Wildman–Crippen LogP) is 2.37. The van der Waals surface area contributed by atoms with Gasteiger partial charge in [0.1, 0.15) is 6.04 Å². The first kappa shape index (κ1) is 25.2. The van der Waals surface area contributed by atoms with Gasteiger partial charge in [-0.05, 0) is 66.2 Å². The fourth-order valence-electron chi connectivity index (χ4n) is 3.89. The van der Waals surface area contributed by atoms with Crippen LogP contribution < -0.4 is 9.62 Å². The highest BCUT2D eigenvalue weighted by Gasteiger charge is 2.29. The number of piperazine rings is 1. The molecule has 0 radical (unpaired) electrons. The average Bonchev–Trinajstić information content (AvgIpc) is 2.87. The van der Waals surface area contributed by atoms with E-state index < -0.39 is 28.2 Å². The van der Waals surface area contributed by atoms with Crippen molar-refractivity contribution in [3.05, 3.63) is 77.4 Å². The molecule has 1 saturated heterocycles. The van der Waals surface area contributed by atoms with Crippen molar-refractivity contribution >= 4 is 38.6 Å². The van der Waals surface area contributed by atoms with Crippen molar-refractivity contribution < 1.29 is 28.2 Å². The Hall–Kier alpha value is -3.91. The second-order valence-electron chi connectivity index (χ2n) is 8.45. The Morgan fingerprint density at radius 3 is 2.08 bits per heavy atom. The van der Waals surface area contributed by atoms with Gasteiger partial charge in [0, 0.05) is 43.0 Å². The number of carboxylic acids is 2. The van der Waals surface area contributed by atoms with Crippen LogP contribution in [0.4, 0.5) is 5.69 Å². The fourth-order valence-corrected chi connectivity index (χ4v) is 5.23. The summed E-state index contributed by atoms with van der Waals surface area (Å²) < 4.78 is 28.2. The zero-order chi connectivity index (χ0) is 25.9. The Bertz CT molecular complexity index is 1470. The first-order chi connectivity index (χ1) is 17.1. The molecule has 1 fully saturated rings. The van der Waals surface area contributed by atoms with Gasteiger partial charge in [-0.3, -0.25) is 4.79 Å². The molecule has 0 aromatic heterocycles. The fraction of sp³-hybridized carbons (Fsp3) is 0.231. The minimum absolute atomic E-state index is 0.244. The molecule has 1 aliphatic rings. The van der Waals surface area contributed by atoms with E-state index in [0.29, 0.717) is 13.1 Å². The van der Waals surface area contributed by atoms with E-state index in [4.69, 9.17) is 10.2 Å². The number of aliphatic carboxylic acids is 1. The number of aromatic carboxylic acids is 1. The third-order valence-electron chi connectivity index (χ3n) is 5.95. The minimum atomic E-state index is -3.86. The van der Waals surface area contributed by atoms with E-state index in [0.717, 1.165) is 27.6 Å². The standard InChI is InChI=1S/C26H25N3O6S/c1-18(25(30)31)27-36(34,35)29-14-12-28(13-15-29)24-10-5-19(6-11-24)2-3-20-4-7-22-17-23(26(32)33)9-8-21(22)16-20/h4-11,16-18,27H,12-15H2,1H3,(H,30,31)(H,32,33)/t18-/m1/s1. The summed E-state index contributed by atoms with van der Waals surface area (Å²) in [4.78, 5) is 24.2. The molecular formula is C26H25N3O6S. The lowest BCUT2D eigenvalue weighted by Gasteiger charge is -2.35. The van der Waals surface area contributed by atoms with Gasteiger partial charge in [0.25, 0.3) is 10.2 Å². The van der Waals surface area contributed by atoms with E-state index in [2.05, 4.69) is 21.5 Å². The van der Waals surface area contributed by atoms with Gasteiger partial charge in [0.05, 0.1) is 5.56 Å². The van der Waals surface area contributed by atoms with E-state index in [1.165, 1.54) is 11.2 Å². The van der Waals surface area contributed by atoms with E-state index in [9.17, 15) is 18.0 Å². The van der Waals surface area contributed by atoms with Gasteiger partial charge in [-0.2, -0.15) is 17.4 Å². The van der Waals surface area contributed by atoms with Crippen molar-refractivity contribution in [2.24, 2.45) is 0 Å². The van der Waals surface area contributed by atoms with Crippen LogP contribution >= 0.6 is 0 Å². The van der Waals surface area contributed by atoms with Crippen molar-refractivity contribution in [3.8, 4) is 11.8 Å². The van der Waals surface area contributed by atoms with Crippen LogP contribution in [0.15, 0.2) is 60.7 Å². The van der Waals surface area contributed by atoms with Crippen LogP contribution in [0.5, 0.6) is 0 Å². The van der Waals surface area contributed by atoms with Gasteiger partial charge < -0.3 is 15.1 Å². The Balaban J connectivity index is 1.38. The third kappa shape index (κ3) is 5.83. The molecule has 3 N–H and O–H groups in total. The number of nitrogens with one attached hydrogen (secondary N) is 1. The maximum atomic E-state index is 12.4. The highest BCUT2D eigenvalue weighted by Crippen LogP contribution is 2.20. The first-order valence-corrected chi connectivity index (χ1v) is 12.7. The topological polar surface area (TPSA) is 127 Å². The summed E-state index contributed by atoms with van der Waals surface area (Å²) >= 11 is 0. The Kier molecular flexibility index (Phi) is 7.26. The normalized spacial score (nSPS) is 15.2. The van der Waals surface area contributed by atoms with E-state index in [1.54, 1.807) is 18.2 Å². The lowest BCUT2D eigenvalue weighted by Crippen LogP contribution is -2.54. The molecule has 0 aliphatic carbocycles. The number of anilines is 1. The summed E-state index contributed by atoms with van der Waals surface area (Å²) in [5, 5.41) is 19.8. The maximum Gasteiger partial charge on any atom is 0.335 e. The molecule has 1 aliphatic heterocycles. The number of fused-ring (bicyclic) bond motifs is 1. The highest BCUT2D eigenvalue weighted by atomic mass is 32.2. The van der Waals surface area contributed by atoms with E-state index >= 15 is 0 Å². The predicted molar refractivity (Wildman–Crippen MR) is 136 cm³/mol. The lowest BCUT2D eigenvalue weighted by molar-refractivity contribution is -0.138. The zero-order valence-electron chi connectivity index (χ0n) is 19.5. The number of hydrogen-bond acceptors (Lipinski definition) is 5. The van der Waals surface area contributed by atoms with Gasteiger partial charge in [-0.25, -0.2) is 4.79 Å². The molecule has 0 spiro atoms. The molecule has 9 nitrogen and oxygen atoms in total. The lowest BCUT2D eigenvalue weighted by atomic mass is 10.0. The summed E-state index contributed by atoms with van der Waals surface area (Å²) in [6.45, 7) is 2.75. The largest absolute Gasteiger partial charge is 0.480 e. The average molecular weight is 508 g/mol. The SMILES string of the molecule is C[C@@H](NS(=O)(=O)N1CCN(c2ccc(C#Cc3ccc4cc(C(=O)O)ccc4c3)cc2)CC1)C(=O)O. The number of carbonyl (C=O) groups is 2. The molecule has 1 heterocycles. The van der Waals surface area contributed by atoms with E-state index in [-0.39, 0.29) is 18.7 Å². The second-order valence-corrected chi connectivity index (χ2v) is 10.1. The molecule has 0 amide bonds. The van der Waals surface area contributed by atoms with Crippen molar-refractivity contribution in [2.75, 3.05) is 31.1 Å². The Morgan fingerprint density at radius 2 is 1.44 bits per heavy atom. The molecule has 10 heteroatoms. The molecule has 0 bridgehead atoms. The van der Waals surface area contributed by atoms with Crippen molar-refractivity contribution in [1.82, 2.24) is 9.03 Å². The number of nitrogens with zero attached hydrogens (tertiary/aromatic N) is 2. The summed E-state index contributed by atoms with van der Waals surface area (Å²) in [5.41, 5.74) is 2.84. The Morgan fingerprint density at radius 1 is 0.861 bits per heavy atom. The third-order valence-corrected chi connectivity index (χ3v) is 7.64. The monoisotopic (exact) mass is 507 g/mol. The molecule has 3 aromatic rings. The highest BCUT2D eigenvalue weighted by molar-refractivity contribution is 7.87. The molecule has 36 heavy (non-hydrogen) atoms. The summed E-state index contributed by atoms with van der Waals surface area (Å²) in [7, 11) is -3.86. The summed E-state index contributed by atoms with van der Waals surface area (Å²) in [6, 6.07) is 17.1. The molecule has 0 unspecified atom stereocenters. The van der Waals surface area contributed by atoms with Crippen LogP contribution in [0.25, 0.3) is 10.8 Å². The van der Waals surface area contributed by atoms with Gasteiger partial charge in [-0.1, -0.05) is 24.0 Å². The van der Waals surface area contributed by atoms with Crippen molar-refractivity contribution in [3.63, 3.8) is 0 Å². The summed E-state index contributed by atoms with van der Waals surface area (Å²) in [5.74, 6) is 4.08. The van der Waals surface area contributed by atoms with Crippen LogP contribution in [0.2, 0.25) is 0 Å². The molecule has 1 atom stereocenters. The zero-order valence-corrected chi connectivity index (χ0v) is 20.3. The smallest absolute Gasteiger partial charge is 0.335 e. The van der Waals surface area contributed by atoms with Crippen LogP contribution in [-0.4, -0.2) is 67.1 Å². The van der Waals surface area contributed by atoms with Crippen LogP contribution in [0, 0.1) is 11.8 Å². The van der Waals surface area contributed by atoms with Crippen LogP contribution in [0.3, 0.4) is 0 Å². The molecule has 186 valence electrons. The number of rotatable bonds is 6. The molecule has 3 aromatic carbocycles. The van der Waals surface area contributed by atoms with Gasteiger partial charge in [-0.15, -0.1) is 0 Å². The molecule has 4 rings (SSSR count). The van der Waals surface area contributed by atoms with Gasteiger partial charge in [0.2, 0.25) is 0 Å². The number of hydrogen-bond donors (Lipinski definition) is 3. The van der Waals surface area contributed by atoms with Crippen molar-refractivity contribution in [1.29, 1.82) is 0 Å². The number of benzene rings is 3. The minimum Gasteiger partial charge on any atom is -0.480 e. The van der Waals surface area contributed by atoms with Crippen LogP contribution in [-0.2, 0) is 15.0 Å². The number of carboxylic acid groups (broad SMARTS) is 2. The molecule has 0 saturated carbocycles. The van der Waals surface area contributed by atoms with Gasteiger partial charge in [0.15, 0.2) is 0 Å². The summed E-state index contributed by atoms with van der Waals surface area (Å²) in [6.07, 6.45) is 0. The van der Waals surface area contributed by atoms with Gasteiger partial charge >= 0.3 is 11.9 Å².